The summed E-state index contributed by atoms with van der Waals surface area (Å²) in [5, 5.41) is 12.6. The maximum absolute atomic E-state index is 13.4. The van der Waals surface area contributed by atoms with Gasteiger partial charge in [-0.05, 0) is 18.2 Å². The van der Waals surface area contributed by atoms with Gasteiger partial charge in [-0.25, -0.2) is 4.39 Å². The number of rotatable bonds is 4. The Morgan fingerprint density at radius 2 is 2.00 bits per heavy atom. The molecule has 0 bridgehead atoms. The first-order chi connectivity index (χ1) is 8.70. The summed E-state index contributed by atoms with van der Waals surface area (Å²) in [7, 11) is 1.49. The number of nitrogens with one attached hydrogen (secondary N) is 1. The molecule has 0 radical (unpaired) electrons. The number of anilines is 1. The number of hydrogen-bond donors (Lipinski definition) is 2. The van der Waals surface area contributed by atoms with Crippen LogP contribution in [0.25, 0.3) is 0 Å². The Hall–Kier alpha value is -2.23. The summed E-state index contributed by atoms with van der Waals surface area (Å²) in [6.45, 7) is 0.360. The molecule has 2 rings (SSSR count). The van der Waals surface area contributed by atoms with Gasteiger partial charge in [0, 0.05) is 23.9 Å². The highest BCUT2D eigenvalue weighted by molar-refractivity contribution is 5.54. The number of ether oxygens (including phenoxy) is 1. The minimum Gasteiger partial charge on any atom is -0.504 e. The maximum Gasteiger partial charge on any atom is 0.160 e. The minimum atomic E-state index is -0.247. The predicted octanol–water partition coefficient (Wildman–Crippen LogP) is 3.15. The fraction of sp³-hybridized carbons (Fsp3) is 0.143. The monoisotopic (exact) mass is 247 g/mol. The van der Waals surface area contributed by atoms with Crippen molar-refractivity contribution in [3.05, 3.63) is 53.8 Å². The van der Waals surface area contributed by atoms with Crippen molar-refractivity contribution in [2.45, 2.75) is 6.54 Å². The first-order valence-corrected chi connectivity index (χ1v) is 5.55. The first kappa shape index (κ1) is 12.2. The molecule has 94 valence electrons. The van der Waals surface area contributed by atoms with Crippen LogP contribution >= 0.6 is 0 Å². The molecule has 3 nitrogen and oxygen atoms in total. The zero-order valence-corrected chi connectivity index (χ0v) is 9.98. The maximum atomic E-state index is 13.4. The molecule has 4 heteroatoms. The zero-order chi connectivity index (χ0) is 13.0. The Bertz CT molecular complexity index is 543. The quantitative estimate of drug-likeness (QED) is 0.872. The van der Waals surface area contributed by atoms with E-state index in [1.807, 2.05) is 0 Å². The van der Waals surface area contributed by atoms with Gasteiger partial charge in [0.1, 0.15) is 5.82 Å². The number of methoxy groups -OCH3 is 1. The molecule has 18 heavy (non-hydrogen) atoms. The summed E-state index contributed by atoms with van der Waals surface area (Å²) >= 11 is 0. The van der Waals surface area contributed by atoms with Gasteiger partial charge in [0.05, 0.1) is 7.11 Å². The van der Waals surface area contributed by atoms with E-state index in [9.17, 15) is 9.50 Å². The lowest BCUT2D eigenvalue weighted by Crippen LogP contribution is -2.01. The number of hydrogen-bond acceptors (Lipinski definition) is 3. The van der Waals surface area contributed by atoms with Crippen LogP contribution in [0.5, 0.6) is 11.5 Å². The van der Waals surface area contributed by atoms with E-state index in [0.717, 1.165) is 0 Å². The van der Waals surface area contributed by atoms with E-state index in [1.54, 1.807) is 36.4 Å². The minimum absolute atomic E-state index is 0.0519. The summed E-state index contributed by atoms with van der Waals surface area (Å²) in [4.78, 5) is 0. The van der Waals surface area contributed by atoms with Crippen molar-refractivity contribution in [1.82, 2.24) is 0 Å². The number of aromatic hydroxyl groups is 1. The van der Waals surface area contributed by atoms with Crippen molar-refractivity contribution in [2.24, 2.45) is 0 Å². The number of benzene rings is 2. The molecule has 2 N–H and O–H groups in total. The van der Waals surface area contributed by atoms with Crippen LogP contribution in [0.1, 0.15) is 5.56 Å². The summed E-state index contributed by atoms with van der Waals surface area (Å²) in [6, 6.07) is 11.5. The molecule has 0 aliphatic heterocycles. The Kier molecular flexibility index (Phi) is 3.67. The van der Waals surface area contributed by atoms with Gasteiger partial charge in [0.15, 0.2) is 11.5 Å². The highest BCUT2D eigenvalue weighted by atomic mass is 19.1. The van der Waals surface area contributed by atoms with Crippen molar-refractivity contribution >= 4 is 5.69 Å². The van der Waals surface area contributed by atoms with Gasteiger partial charge in [-0.2, -0.15) is 0 Å². The summed E-state index contributed by atoms with van der Waals surface area (Å²) in [6.07, 6.45) is 0. The van der Waals surface area contributed by atoms with E-state index in [2.05, 4.69) is 5.32 Å². The van der Waals surface area contributed by atoms with Crippen LogP contribution in [0.4, 0.5) is 10.1 Å². The van der Waals surface area contributed by atoms with Crippen LogP contribution in [-0.4, -0.2) is 12.2 Å². The van der Waals surface area contributed by atoms with Gasteiger partial charge >= 0.3 is 0 Å². The van der Waals surface area contributed by atoms with Crippen LogP contribution in [0.3, 0.4) is 0 Å². The lowest BCUT2D eigenvalue weighted by Gasteiger charge is -2.09. The summed E-state index contributed by atoms with van der Waals surface area (Å²) < 4.78 is 18.3. The van der Waals surface area contributed by atoms with Crippen LogP contribution in [0.2, 0.25) is 0 Å². The van der Waals surface area contributed by atoms with E-state index >= 15 is 0 Å². The van der Waals surface area contributed by atoms with Crippen molar-refractivity contribution in [2.75, 3.05) is 12.4 Å². The Balaban J connectivity index is 2.07. The van der Waals surface area contributed by atoms with Gasteiger partial charge in [0.25, 0.3) is 0 Å². The molecule has 2 aromatic rings. The van der Waals surface area contributed by atoms with E-state index in [-0.39, 0.29) is 11.6 Å². The van der Waals surface area contributed by atoms with Gasteiger partial charge in [-0.1, -0.05) is 18.2 Å². The Labute approximate surface area is 105 Å². The molecule has 0 spiro atoms. The van der Waals surface area contributed by atoms with Crippen LogP contribution in [-0.2, 0) is 6.54 Å². The van der Waals surface area contributed by atoms with E-state index in [1.165, 1.54) is 13.2 Å². The van der Waals surface area contributed by atoms with Gasteiger partial charge < -0.3 is 15.2 Å². The van der Waals surface area contributed by atoms with Crippen molar-refractivity contribution in [3.8, 4) is 11.5 Å². The average molecular weight is 247 g/mol. The lowest BCUT2D eigenvalue weighted by molar-refractivity contribution is 0.373. The van der Waals surface area contributed by atoms with Crippen LogP contribution in [0, 0.1) is 5.82 Å². The molecule has 0 aromatic heterocycles. The number of halogens is 1. The van der Waals surface area contributed by atoms with E-state index in [4.69, 9.17) is 4.74 Å². The van der Waals surface area contributed by atoms with Crippen molar-refractivity contribution in [3.63, 3.8) is 0 Å². The molecule has 0 saturated heterocycles. The lowest BCUT2D eigenvalue weighted by atomic mass is 10.2. The second-order valence-corrected chi connectivity index (χ2v) is 3.83. The van der Waals surface area contributed by atoms with E-state index in [0.29, 0.717) is 23.5 Å². The van der Waals surface area contributed by atoms with Gasteiger partial charge in [-0.3, -0.25) is 0 Å². The molecule has 0 fully saturated rings. The molecule has 0 heterocycles. The molecule has 2 aromatic carbocycles. The smallest absolute Gasteiger partial charge is 0.160 e. The molecular weight excluding hydrogens is 233 g/mol. The summed E-state index contributed by atoms with van der Waals surface area (Å²) in [5.41, 5.74) is 1.28. The molecule has 0 aliphatic carbocycles. The van der Waals surface area contributed by atoms with Crippen LogP contribution < -0.4 is 10.1 Å². The van der Waals surface area contributed by atoms with Gasteiger partial charge in [0.2, 0.25) is 0 Å². The normalized spacial score (nSPS) is 10.1. The third-order valence-corrected chi connectivity index (χ3v) is 2.62. The van der Waals surface area contributed by atoms with Crippen LogP contribution in [0.15, 0.2) is 42.5 Å². The fourth-order valence-corrected chi connectivity index (χ4v) is 1.64. The predicted molar refractivity (Wildman–Crippen MR) is 68.4 cm³/mol. The third kappa shape index (κ3) is 2.71. The number of phenols is 1. The molecular formula is C14H14FNO2. The molecule has 0 atom stereocenters. The Morgan fingerprint density at radius 1 is 1.22 bits per heavy atom. The molecule has 0 aliphatic rings. The standard InChI is InChI=1S/C14H14FNO2/c1-18-14-7-6-11(8-13(14)17)16-9-10-4-2-3-5-12(10)15/h2-8,16-17H,9H2,1H3. The molecule has 0 saturated carbocycles. The number of phenolic OH excluding ortho intramolecular Hbond substituents is 1. The fourth-order valence-electron chi connectivity index (χ4n) is 1.64. The highest BCUT2D eigenvalue weighted by Gasteiger charge is 2.03. The highest BCUT2D eigenvalue weighted by Crippen LogP contribution is 2.28. The van der Waals surface area contributed by atoms with Gasteiger partial charge in [-0.15, -0.1) is 0 Å². The van der Waals surface area contributed by atoms with Crippen molar-refractivity contribution < 1.29 is 14.2 Å². The second-order valence-electron chi connectivity index (χ2n) is 3.83. The Morgan fingerprint density at radius 3 is 2.67 bits per heavy atom. The average Bonchev–Trinajstić information content (AvgIpc) is 2.38. The zero-order valence-electron chi connectivity index (χ0n) is 9.98. The largest absolute Gasteiger partial charge is 0.504 e. The topological polar surface area (TPSA) is 41.5 Å². The second kappa shape index (κ2) is 5.40. The molecule has 0 amide bonds. The van der Waals surface area contributed by atoms with E-state index < -0.39 is 0 Å². The summed E-state index contributed by atoms with van der Waals surface area (Å²) in [5.74, 6) is 0.213. The third-order valence-electron chi connectivity index (χ3n) is 2.62. The SMILES string of the molecule is COc1ccc(NCc2ccccc2F)cc1O. The van der Waals surface area contributed by atoms with Crippen molar-refractivity contribution in [1.29, 1.82) is 0 Å². The first-order valence-electron chi connectivity index (χ1n) is 5.55. The molecule has 0 unspecified atom stereocenters.